The van der Waals surface area contributed by atoms with Crippen LogP contribution in [0.4, 0.5) is 0 Å². The summed E-state index contributed by atoms with van der Waals surface area (Å²) in [6.07, 6.45) is 1.69. The van der Waals surface area contributed by atoms with Crippen molar-refractivity contribution in [3.05, 3.63) is 70.2 Å². The highest BCUT2D eigenvalue weighted by Gasteiger charge is 2.18. The molecule has 1 aliphatic rings. The molecule has 2 aromatic rings. The van der Waals surface area contributed by atoms with Crippen molar-refractivity contribution in [1.82, 2.24) is 15.2 Å². The van der Waals surface area contributed by atoms with Crippen LogP contribution in [0.3, 0.4) is 0 Å². The van der Waals surface area contributed by atoms with Gasteiger partial charge in [0.15, 0.2) is 0 Å². The molecule has 142 valence electrons. The van der Waals surface area contributed by atoms with E-state index >= 15 is 0 Å². The molecule has 1 amide bonds. The fraction of sp³-hybridized carbons (Fsp3) is 0.333. The summed E-state index contributed by atoms with van der Waals surface area (Å²) in [5.41, 5.74) is 6.02. The van der Waals surface area contributed by atoms with Gasteiger partial charge in [-0.05, 0) is 35.7 Å². The molecule has 0 saturated carbocycles. The molecule has 6 heteroatoms. The van der Waals surface area contributed by atoms with Crippen LogP contribution in [0.2, 0.25) is 5.02 Å². The average molecular weight is 385 g/mol. The number of hydrogen-bond donors (Lipinski definition) is 1. The number of amides is 1. The van der Waals surface area contributed by atoms with Crippen molar-refractivity contribution in [3.63, 3.8) is 0 Å². The van der Waals surface area contributed by atoms with Gasteiger partial charge in [0.1, 0.15) is 0 Å². The number of piperazine rings is 1. The third-order valence-electron chi connectivity index (χ3n) is 4.73. The molecule has 5 nitrogen and oxygen atoms in total. The highest BCUT2D eigenvalue weighted by Crippen LogP contribution is 2.12. The van der Waals surface area contributed by atoms with Gasteiger partial charge in [-0.25, -0.2) is 5.43 Å². The minimum Gasteiger partial charge on any atom is -0.297 e. The first-order valence-corrected chi connectivity index (χ1v) is 9.54. The van der Waals surface area contributed by atoms with E-state index in [0.717, 1.165) is 48.9 Å². The van der Waals surface area contributed by atoms with Crippen LogP contribution in [0.5, 0.6) is 0 Å². The number of carbonyl (C=O) groups is 1. The van der Waals surface area contributed by atoms with Crippen molar-refractivity contribution in [3.8, 4) is 0 Å². The largest absolute Gasteiger partial charge is 0.297 e. The highest BCUT2D eigenvalue weighted by atomic mass is 35.5. The van der Waals surface area contributed by atoms with Crippen molar-refractivity contribution < 1.29 is 4.79 Å². The van der Waals surface area contributed by atoms with Gasteiger partial charge in [0.25, 0.3) is 5.91 Å². The second kappa shape index (κ2) is 9.65. The van der Waals surface area contributed by atoms with Crippen LogP contribution >= 0.6 is 11.6 Å². The third kappa shape index (κ3) is 6.17. The zero-order chi connectivity index (χ0) is 19.1. The summed E-state index contributed by atoms with van der Waals surface area (Å²) in [6, 6.07) is 15.9. The molecule has 0 unspecified atom stereocenters. The minimum absolute atomic E-state index is 0.0778. The molecule has 27 heavy (non-hydrogen) atoms. The average Bonchev–Trinajstić information content (AvgIpc) is 2.67. The van der Waals surface area contributed by atoms with Gasteiger partial charge in [0.2, 0.25) is 0 Å². The molecule has 1 saturated heterocycles. The molecule has 0 spiro atoms. The van der Waals surface area contributed by atoms with E-state index in [0.29, 0.717) is 6.54 Å². The maximum atomic E-state index is 12.1. The molecule has 0 radical (unpaired) electrons. The molecule has 1 N–H and O–H groups in total. The zero-order valence-corrected chi connectivity index (χ0v) is 16.3. The molecule has 0 atom stereocenters. The summed E-state index contributed by atoms with van der Waals surface area (Å²) in [5, 5.41) is 4.84. The Morgan fingerprint density at radius 3 is 2.44 bits per heavy atom. The van der Waals surface area contributed by atoms with Crippen molar-refractivity contribution in [2.75, 3.05) is 32.7 Å². The first-order chi connectivity index (χ1) is 13.1. The fourth-order valence-electron chi connectivity index (χ4n) is 3.10. The van der Waals surface area contributed by atoms with E-state index in [4.69, 9.17) is 11.6 Å². The van der Waals surface area contributed by atoms with Crippen molar-refractivity contribution in [2.24, 2.45) is 5.10 Å². The molecule has 0 aliphatic carbocycles. The molecular weight excluding hydrogens is 360 g/mol. The van der Waals surface area contributed by atoms with Gasteiger partial charge in [-0.3, -0.25) is 14.6 Å². The maximum absolute atomic E-state index is 12.1. The Balaban J connectivity index is 1.39. The van der Waals surface area contributed by atoms with Gasteiger partial charge in [0.05, 0.1) is 12.8 Å². The first kappa shape index (κ1) is 19.5. The number of hydrazone groups is 1. The quantitative estimate of drug-likeness (QED) is 0.615. The second-order valence-corrected chi connectivity index (χ2v) is 7.26. The maximum Gasteiger partial charge on any atom is 0.254 e. The van der Waals surface area contributed by atoms with Crippen LogP contribution in [0.15, 0.2) is 53.6 Å². The summed E-state index contributed by atoms with van der Waals surface area (Å²) in [4.78, 5) is 16.7. The van der Waals surface area contributed by atoms with Crippen LogP contribution in [0, 0.1) is 6.92 Å². The molecule has 2 aromatic carbocycles. The smallest absolute Gasteiger partial charge is 0.254 e. The SMILES string of the molecule is Cc1ccccc1C=NNC(=O)CN1CCN(Cc2ccc(Cl)cc2)CC1. The van der Waals surface area contributed by atoms with Gasteiger partial charge < -0.3 is 0 Å². The number of rotatable bonds is 6. The Kier molecular flexibility index (Phi) is 6.98. The number of aryl methyl sites for hydroxylation is 1. The molecule has 0 bridgehead atoms. The molecule has 3 rings (SSSR count). The van der Waals surface area contributed by atoms with Crippen molar-refractivity contribution >= 4 is 23.7 Å². The molecule has 1 aliphatic heterocycles. The van der Waals surface area contributed by atoms with E-state index in [9.17, 15) is 4.79 Å². The molecular formula is C21H25ClN4O. The van der Waals surface area contributed by atoms with Crippen LogP contribution in [-0.4, -0.2) is 54.6 Å². The number of nitrogens with zero attached hydrogens (tertiary/aromatic N) is 3. The van der Waals surface area contributed by atoms with E-state index in [1.165, 1.54) is 5.56 Å². The van der Waals surface area contributed by atoms with Crippen molar-refractivity contribution in [1.29, 1.82) is 0 Å². The topological polar surface area (TPSA) is 47.9 Å². The summed E-state index contributed by atoms with van der Waals surface area (Å²) in [7, 11) is 0. The van der Waals surface area contributed by atoms with Crippen LogP contribution in [0.25, 0.3) is 0 Å². The lowest BCUT2D eigenvalue weighted by Crippen LogP contribution is -2.48. The molecule has 1 heterocycles. The predicted molar refractivity (Wildman–Crippen MR) is 110 cm³/mol. The van der Waals surface area contributed by atoms with Gasteiger partial charge in [-0.15, -0.1) is 0 Å². The summed E-state index contributed by atoms with van der Waals surface area (Å²) in [6.45, 7) is 6.96. The minimum atomic E-state index is -0.0778. The number of hydrogen-bond acceptors (Lipinski definition) is 4. The Labute approximate surface area is 165 Å². The molecule has 0 aromatic heterocycles. The van der Waals surface area contributed by atoms with Crippen LogP contribution in [-0.2, 0) is 11.3 Å². The Hall–Kier alpha value is -2.21. The number of carbonyl (C=O) groups excluding carboxylic acids is 1. The summed E-state index contributed by atoms with van der Waals surface area (Å²) < 4.78 is 0. The summed E-state index contributed by atoms with van der Waals surface area (Å²) in [5.74, 6) is -0.0778. The van der Waals surface area contributed by atoms with E-state index < -0.39 is 0 Å². The Morgan fingerprint density at radius 1 is 1.07 bits per heavy atom. The van der Waals surface area contributed by atoms with Crippen molar-refractivity contribution in [2.45, 2.75) is 13.5 Å². The van der Waals surface area contributed by atoms with E-state index in [1.54, 1.807) is 6.21 Å². The predicted octanol–water partition coefficient (Wildman–Crippen LogP) is 2.92. The highest BCUT2D eigenvalue weighted by molar-refractivity contribution is 6.30. The van der Waals surface area contributed by atoms with Gasteiger partial charge in [-0.1, -0.05) is 48.0 Å². The summed E-state index contributed by atoms with van der Waals surface area (Å²) >= 11 is 5.93. The third-order valence-corrected chi connectivity index (χ3v) is 4.98. The van der Waals surface area contributed by atoms with Crippen LogP contribution in [0.1, 0.15) is 16.7 Å². The standard InChI is InChI=1S/C21H25ClN4O/c1-17-4-2-3-5-19(17)14-23-24-21(27)16-26-12-10-25(11-13-26)15-18-6-8-20(22)9-7-18/h2-9,14H,10-13,15-16H2,1H3,(H,24,27). The fourth-order valence-corrected chi connectivity index (χ4v) is 3.22. The number of benzene rings is 2. The van der Waals surface area contributed by atoms with E-state index in [2.05, 4.69) is 32.5 Å². The van der Waals surface area contributed by atoms with E-state index in [1.807, 2.05) is 43.3 Å². The first-order valence-electron chi connectivity index (χ1n) is 9.17. The lowest BCUT2D eigenvalue weighted by Gasteiger charge is -2.34. The Morgan fingerprint density at radius 2 is 1.74 bits per heavy atom. The monoisotopic (exact) mass is 384 g/mol. The normalized spacial score (nSPS) is 15.9. The van der Waals surface area contributed by atoms with Gasteiger partial charge >= 0.3 is 0 Å². The lowest BCUT2D eigenvalue weighted by molar-refractivity contribution is -0.122. The second-order valence-electron chi connectivity index (χ2n) is 6.83. The zero-order valence-electron chi connectivity index (χ0n) is 15.6. The number of halogens is 1. The number of nitrogens with one attached hydrogen (secondary N) is 1. The Bertz CT molecular complexity index is 783. The van der Waals surface area contributed by atoms with Gasteiger partial charge in [0, 0.05) is 37.7 Å². The molecule has 1 fully saturated rings. The lowest BCUT2D eigenvalue weighted by atomic mass is 10.1. The van der Waals surface area contributed by atoms with E-state index in [-0.39, 0.29) is 5.91 Å². The van der Waals surface area contributed by atoms with Gasteiger partial charge in [-0.2, -0.15) is 5.10 Å². The van der Waals surface area contributed by atoms with Crippen LogP contribution < -0.4 is 5.43 Å².